The molecule has 1 unspecified atom stereocenters. The van der Waals surface area contributed by atoms with Gasteiger partial charge in [0.25, 0.3) is 11.8 Å². The highest BCUT2D eigenvalue weighted by Gasteiger charge is 2.25. The molecule has 2 amide bonds. The lowest BCUT2D eigenvalue weighted by molar-refractivity contribution is -0.119. The highest BCUT2D eigenvalue weighted by Crippen LogP contribution is 2.20. The van der Waals surface area contributed by atoms with Gasteiger partial charge < -0.3 is 9.29 Å². The summed E-state index contributed by atoms with van der Waals surface area (Å²) in [5, 5.41) is 0. The van der Waals surface area contributed by atoms with Crippen LogP contribution in [0.1, 0.15) is 16.8 Å². The molecule has 0 radical (unpaired) electrons. The molecule has 1 aromatic rings. The summed E-state index contributed by atoms with van der Waals surface area (Å²) in [5.41, 5.74) is -2.34. The number of anilines is 1. The molecule has 1 heterocycles. The van der Waals surface area contributed by atoms with Gasteiger partial charge in [0.1, 0.15) is 10.1 Å². The fraction of sp³-hybridized carbons (Fsp3) is 0.214. The largest absolute Gasteiger partial charge is 0.746 e. The minimum atomic E-state index is -5.07. The Morgan fingerprint density at radius 3 is 2.21 bits per heavy atom. The van der Waals surface area contributed by atoms with E-state index in [0.717, 1.165) is 17.1 Å². The molecular weight excluding hydrogens is 345 g/mol. The molecule has 10 heteroatoms. The second kappa shape index (κ2) is 6.89. The highest BCUT2D eigenvalue weighted by atomic mass is 32.2. The fourth-order valence-electron chi connectivity index (χ4n) is 1.87. The molecule has 8 nitrogen and oxygen atoms in total. The first-order chi connectivity index (χ1) is 11.2. The van der Waals surface area contributed by atoms with Crippen LogP contribution in [0.5, 0.6) is 0 Å². The Balaban J connectivity index is 1.94. The predicted octanol–water partition coefficient (Wildman–Crippen LogP) is 0.504. The van der Waals surface area contributed by atoms with Crippen molar-refractivity contribution in [2.45, 2.75) is 11.9 Å². The molecule has 0 spiro atoms. The second-order valence-electron chi connectivity index (χ2n) is 4.72. The van der Waals surface area contributed by atoms with Crippen molar-refractivity contribution in [2.24, 2.45) is 0 Å². The van der Waals surface area contributed by atoms with Crippen molar-refractivity contribution >= 4 is 33.6 Å². The second-order valence-corrected chi connectivity index (χ2v) is 6.22. The number of halogens is 1. The predicted molar refractivity (Wildman–Crippen MR) is 77.6 cm³/mol. The number of carbonyl (C=O) groups is 3. The summed E-state index contributed by atoms with van der Waals surface area (Å²) in [4.78, 5) is 35.6. The average Bonchev–Trinajstić information content (AvgIpc) is 2.85. The monoisotopic (exact) mass is 356 g/mol. The van der Waals surface area contributed by atoms with Gasteiger partial charge in [0.05, 0.1) is 17.9 Å². The number of alkyl halides is 1. The molecule has 0 aliphatic carbocycles. The van der Waals surface area contributed by atoms with Crippen molar-refractivity contribution in [3.8, 4) is 0 Å². The molecule has 1 aliphatic rings. The summed E-state index contributed by atoms with van der Waals surface area (Å²) in [6.07, 6.45) is 1.46. The molecule has 0 fully saturated rings. The molecule has 1 atom stereocenters. The van der Waals surface area contributed by atoms with E-state index in [2.05, 4.69) is 4.74 Å². The summed E-state index contributed by atoms with van der Waals surface area (Å²) in [6.45, 7) is -0.587. The van der Waals surface area contributed by atoms with Gasteiger partial charge in [0.15, 0.2) is 5.50 Å². The Morgan fingerprint density at radius 2 is 1.71 bits per heavy atom. The third-order valence-electron chi connectivity index (χ3n) is 3.06. The summed E-state index contributed by atoms with van der Waals surface area (Å²) >= 11 is 0. The van der Waals surface area contributed by atoms with Crippen molar-refractivity contribution < 1.29 is 36.5 Å². The Kier molecular flexibility index (Phi) is 5.10. The van der Waals surface area contributed by atoms with Crippen LogP contribution in [0.4, 0.5) is 10.1 Å². The van der Waals surface area contributed by atoms with Crippen LogP contribution in [-0.4, -0.2) is 42.9 Å². The Hall–Kier alpha value is -2.59. The first kappa shape index (κ1) is 17.8. The number of hydrogen-bond acceptors (Lipinski definition) is 7. The Bertz CT molecular complexity index is 783. The van der Waals surface area contributed by atoms with Crippen molar-refractivity contribution in [2.75, 3.05) is 11.5 Å². The molecule has 24 heavy (non-hydrogen) atoms. The van der Waals surface area contributed by atoms with Crippen LogP contribution in [0.25, 0.3) is 0 Å². The van der Waals surface area contributed by atoms with Gasteiger partial charge in [-0.3, -0.25) is 9.59 Å². The van der Waals surface area contributed by atoms with E-state index in [0.29, 0.717) is 0 Å². The van der Waals surface area contributed by atoms with Gasteiger partial charge in [0.2, 0.25) is 0 Å². The molecule has 0 saturated carbocycles. The summed E-state index contributed by atoms with van der Waals surface area (Å²) in [5.74, 6) is -1.89. The number of imide groups is 1. The minimum absolute atomic E-state index is 0.0474. The summed E-state index contributed by atoms with van der Waals surface area (Å²) in [7, 11) is -5.07. The third-order valence-corrected chi connectivity index (χ3v) is 3.92. The number of ether oxygens (including phenoxy) is 1. The van der Waals surface area contributed by atoms with Gasteiger partial charge in [-0.25, -0.2) is 22.5 Å². The minimum Gasteiger partial charge on any atom is -0.746 e. The van der Waals surface area contributed by atoms with Gasteiger partial charge in [-0.1, -0.05) is 0 Å². The molecule has 2 rings (SSSR count). The molecule has 1 aliphatic heterocycles. The third kappa shape index (κ3) is 4.03. The maximum absolute atomic E-state index is 12.9. The highest BCUT2D eigenvalue weighted by molar-refractivity contribution is 7.86. The summed E-state index contributed by atoms with van der Waals surface area (Å²) < 4.78 is 48.6. The molecular formula is C14H11FNO7S-. The number of benzene rings is 1. The number of rotatable bonds is 6. The first-order valence-corrected chi connectivity index (χ1v) is 8.09. The number of nitrogens with zero attached hydrogens (tertiary/aromatic N) is 1. The molecule has 0 aromatic heterocycles. The van der Waals surface area contributed by atoms with E-state index in [1.54, 1.807) is 0 Å². The maximum Gasteiger partial charge on any atom is 0.338 e. The molecule has 128 valence electrons. The standard InChI is InChI=1S/C14H12FNO7S/c15-11(24(20,21)22)7-8-23-14(19)9-1-3-10(4-2-9)16-12(17)5-6-13(16)18/h1-6,11H,7-8H2,(H,20,21,22)/p-1. The number of hydrogen-bond donors (Lipinski definition) is 0. The lowest BCUT2D eigenvalue weighted by Crippen LogP contribution is -2.29. The zero-order valence-corrected chi connectivity index (χ0v) is 12.9. The van der Waals surface area contributed by atoms with Crippen molar-refractivity contribution in [3.05, 3.63) is 42.0 Å². The smallest absolute Gasteiger partial charge is 0.338 e. The number of carbonyl (C=O) groups excluding carboxylic acids is 3. The lowest BCUT2D eigenvalue weighted by atomic mass is 10.2. The topological polar surface area (TPSA) is 121 Å². The van der Waals surface area contributed by atoms with Crippen LogP contribution in [0.2, 0.25) is 0 Å². The zero-order chi connectivity index (χ0) is 17.9. The fourth-order valence-corrected chi connectivity index (χ4v) is 2.26. The maximum atomic E-state index is 12.9. The van der Waals surface area contributed by atoms with E-state index in [9.17, 15) is 31.7 Å². The van der Waals surface area contributed by atoms with Crippen LogP contribution in [-0.2, 0) is 24.4 Å². The van der Waals surface area contributed by atoms with E-state index in [4.69, 9.17) is 0 Å². The van der Waals surface area contributed by atoms with E-state index < -0.39 is 46.4 Å². The molecule has 0 bridgehead atoms. The quantitative estimate of drug-likeness (QED) is 0.413. The first-order valence-electron chi connectivity index (χ1n) is 6.62. The molecule has 0 saturated heterocycles. The van der Waals surface area contributed by atoms with Crippen molar-refractivity contribution in [1.82, 2.24) is 0 Å². The van der Waals surface area contributed by atoms with Gasteiger partial charge in [0, 0.05) is 18.6 Å². The Morgan fingerprint density at radius 1 is 1.17 bits per heavy atom. The van der Waals surface area contributed by atoms with E-state index >= 15 is 0 Å². The molecule has 0 N–H and O–H groups in total. The van der Waals surface area contributed by atoms with E-state index in [1.165, 1.54) is 24.3 Å². The average molecular weight is 356 g/mol. The van der Waals surface area contributed by atoms with Gasteiger partial charge in [-0.2, -0.15) is 0 Å². The van der Waals surface area contributed by atoms with Crippen LogP contribution >= 0.6 is 0 Å². The van der Waals surface area contributed by atoms with Crippen LogP contribution in [0, 0.1) is 0 Å². The van der Waals surface area contributed by atoms with Crippen LogP contribution < -0.4 is 4.90 Å². The normalized spacial score (nSPS) is 15.7. The number of amides is 2. The van der Waals surface area contributed by atoms with E-state index in [-0.39, 0.29) is 11.3 Å². The van der Waals surface area contributed by atoms with Gasteiger partial charge in [-0.15, -0.1) is 0 Å². The SMILES string of the molecule is O=C(OCCC(F)S(=O)(=O)[O-])c1ccc(N2C(=O)C=CC2=O)cc1. The van der Waals surface area contributed by atoms with Crippen molar-refractivity contribution in [1.29, 1.82) is 0 Å². The van der Waals surface area contributed by atoms with E-state index in [1.807, 2.05) is 0 Å². The molecule has 1 aromatic carbocycles. The van der Waals surface area contributed by atoms with Crippen molar-refractivity contribution in [3.63, 3.8) is 0 Å². The lowest BCUT2D eigenvalue weighted by Gasteiger charge is -2.14. The number of esters is 1. The van der Waals surface area contributed by atoms with Gasteiger partial charge in [-0.05, 0) is 24.3 Å². The summed E-state index contributed by atoms with van der Waals surface area (Å²) in [6, 6.07) is 5.26. The van der Waals surface area contributed by atoms with Crippen LogP contribution in [0.3, 0.4) is 0 Å². The Labute approximate surface area is 136 Å². The van der Waals surface area contributed by atoms with Gasteiger partial charge >= 0.3 is 5.97 Å². The van der Waals surface area contributed by atoms with Crippen LogP contribution in [0.15, 0.2) is 36.4 Å². The zero-order valence-electron chi connectivity index (χ0n) is 12.0.